The fourth-order valence-electron chi connectivity index (χ4n) is 3.50. The Bertz CT molecular complexity index is 796. The maximum Gasteiger partial charge on any atom is 0.272 e. The topological polar surface area (TPSA) is 59.0 Å². The average Bonchev–Trinajstić information content (AvgIpc) is 3.24. The van der Waals surface area contributed by atoms with E-state index < -0.39 is 0 Å². The Morgan fingerprint density at radius 1 is 1.33 bits per heavy atom. The zero-order valence-electron chi connectivity index (χ0n) is 13.1. The van der Waals surface area contributed by atoms with Crippen LogP contribution >= 0.6 is 23.2 Å². The van der Waals surface area contributed by atoms with Gasteiger partial charge >= 0.3 is 0 Å². The second-order valence-electron chi connectivity index (χ2n) is 6.30. The standard InChI is InChI=1S/C17H18Cl2N4O/c18-10-4-5-15(13(19)8-10)23-14-3-1-2-12(14)16(22-23)17(24)21-11-6-7-20-9-11/h4-5,8,11,20H,1-3,6-7,9H2,(H,21,24). The van der Waals surface area contributed by atoms with Crippen LogP contribution in [0.25, 0.3) is 5.69 Å². The number of nitrogens with zero attached hydrogens (tertiary/aromatic N) is 2. The Hall–Kier alpha value is -1.56. The molecule has 1 aromatic carbocycles. The molecule has 24 heavy (non-hydrogen) atoms. The molecule has 2 aliphatic rings. The molecule has 1 unspecified atom stereocenters. The Labute approximate surface area is 150 Å². The highest BCUT2D eigenvalue weighted by molar-refractivity contribution is 6.35. The summed E-state index contributed by atoms with van der Waals surface area (Å²) in [6.45, 7) is 1.76. The van der Waals surface area contributed by atoms with Crippen molar-refractivity contribution in [1.82, 2.24) is 20.4 Å². The van der Waals surface area contributed by atoms with Gasteiger partial charge in [0.25, 0.3) is 5.91 Å². The summed E-state index contributed by atoms with van der Waals surface area (Å²) in [5, 5.41) is 12.0. The van der Waals surface area contributed by atoms with Crippen LogP contribution in [0.2, 0.25) is 10.0 Å². The number of halogens is 2. The van der Waals surface area contributed by atoms with Crippen molar-refractivity contribution in [3.63, 3.8) is 0 Å². The van der Waals surface area contributed by atoms with E-state index in [-0.39, 0.29) is 11.9 Å². The summed E-state index contributed by atoms with van der Waals surface area (Å²) < 4.78 is 1.81. The lowest BCUT2D eigenvalue weighted by Gasteiger charge is -2.10. The number of hydrogen-bond acceptors (Lipinski definition) is 3. The molecule has 7 heteroatoms. The summed E-state index contributed by atoms with van der Waals surface area (Å²) in [6, 6.07) is 5.51. The number of aromatic nitrogens is 2. The summed E-state index contributed by atoms with van der Waals surface area (Å²) in [4.78, 5) is 12.7. The van der Waals surface area contributed by atoms with Crippen LogP contribution in [0.1, 0.15) is 34.6 Å². The van der Waals surface area contributed by atoms with Crippen LogP contribution in [0, 0.1) is 0 Å². The number of fused-ring (bicyclic) bond motifs is 1. The van der Waals surface area contributed by atoms with E-state index in [0.29, 0.717) is 15.7 Å². The maximum atomic E-state index is 12.7. The minimum atomic E-state index is -0.0920. The molecule has 5 nitrogen and oxygen atoms in total. The summed E-state index contributed by atoms with van der Waals surface area (Å²) in [5.74, 6) is -0.0920. The van der Waals surface area contributed by atoms with Crippen molar-refractivity contribution >= 4 is 29.1 Å². The molecule has 1 saturated heterocycles. The highest BCUT2D eigenvalue weighted by Gasteiger charge is 2.29. The van der Waals surface area contributed by atoms with Crippen molar-refractivity contribution < 1.29 is 4.79 Å². The average molecular weight is 365 g/mol. The van der Waals surface area contributed by atoms with Crippen LogP contribution in [0.5, 0.6) is 0 Å². The third-order valence-electron chi connectivity index (χ3n) is 4.68. The van der Waals surface area contributed by atoms with Gasteiger partial charge in [-0.1, -0.05) is 23.2 Å². The van der Waals surface area contributed by atoms with Crippen LogP contribution in [0.3, 0.4) is 0 Å². The molecule has 1 atom stereocenters. The van der Waals surface area contributed by atoms with Crippen LogP contribution in [-0.4, -0.2) is 34.8 Å². The zero-order valence-corrected chi connectivity index (χ0v) is 14.6. The third-order valence-corrected chi connectivity index (χ3v) is 5.22. The lowest BCUT2D eigenvalue weighted by Crippen LogP contribution is -2.36. The zero-order chi connectivity index (χ0) is 16.7. The van der Waals surface area contributed by atoms with E-state index in [0.717, 1.165) is 55.7 Å². The second kappa shape index (κ2) is 6.39. The van der Waals surface area contributed by atoms with E-state index >= 15 is 0 Å². The highest BCUT2D eigenvalue weighted by atomic mass is 35.5. The van der Waals surface area contributed by atoms with Gasteiger partial charge in [0, 0.05) is 28.9 Å². The molecule has 4 rings (SSSR count). The smallest absolute Gasteiger partial charge is 0.272 e. The van der Waals surface area contributed by atoms with Gasteiger partial charge in [0.15, 0.2) is 5.69 Å². The number of nitrogens with one attached hydrogen (secondary N) is 2. The fraction of sp³-hybridized carbons (Fsp3) is 0.412. The molecule has 0 radical (unpaired) electrons. The van der Waals surface area contributed by atoms with Crippen molar-refractivity contribution in [3.8, 4) is 5.69 Å². The van der Waals surface area contributed by atoms with Crippen molar-refractivity contribution in [2.75, 3.05) is 13.1 Å². The molecule has 2 N–H and O–H groups in total. The molecule has 126 valence electrons. The number of benzene rings is 1. The minimum absolute atomic E-state index is 0.0920. The lowest BCUT2D eigenvalue weighted by atomic mass is 10.1. The third kappa shape index (κ3) is 2.81. The SMILES string of the molecule is O=C(NC1CCNC1)c1nn(-c2ccc(Cl)cc2Cl)c2c1CCC2. The molecule has 1 amide bonds. The van der Waals surface area contributed by atoms with E-state index in [1.807, 2.05) is 10.7 Å². The second-order valence-corrected chi connectivity index (χ2v) is 7.14. The molecule has 0 saturated carbocycles. The van der Waals surface area contributed by atoms with Gasteiger partial charge in [-0.15, -0.1) is 0 Å². The molecule has 2 heterocycles. The first-order valence-corrected chi connectivity index (χ1v) is 8.97. The molecule has 2 aromatic rings. The van der Waals surface area contributed by atoms with Gasteiger partial charge in [-0.2, -0.15) is 5.10 Å². The number of carbonyl (C=O) groups is 1. The predicted molar refractivity (Wildman–Crippen MR) is 94.3 cm³/mol. The fourth-order valence-corrected chi connectivity index (χ4v) is 3.99. The largest absolute Gasteiger partial charge is 0.347 e. The van der Waals surface area contributed by atoms with Crippen molar-refractivity contribution in [2.24, 2.45) is 0 Å². The Morgan fingerprint density at radius 2 is 2.21 bits per heavy atom. The molecular formula is C17H18Cl2N4O. The number of carbonyl (C=O) groups excluding carboxylic acids is 1. The summed E-state index contributed by atoms with van der Waals surface area (Å²) in [6.07, 6.45) is 3.77. The quantitative estimate of drug-likeness (QED) is 0.880. The Kier molecular flexibility index (Phi) is 4.24. The van der Waals surface area contributed by atoms with Gasteiger partial charge in [0.1, 0.15) is 0 Å². The molecule has 1 aliphatic carbocycles. The van der Waals surface area contributed by atoms with Crippen LogP contribution in [0.15, 0.2) is 18.2 Å². The summed E-state index contributed by atoms with van der Waals surface area (Å²) in [7, 11) is 0. The Morgan fingerprint density at radius 3 is 2.96 bits per heavy atom. The van der Waals surface area contributed by atoms with Gasteiger partial charge in [-0.3, -0.25) is 4.79 Å². The first-order valence-electron chi connectivity index (χ1n) is 8.21. The van der Waals surface area contributed by atoms with Crippen LogP contribution < -0.4 is 10.6 Å². The maximum absolute atomic E-state index is 12.7. The van der Waals surface area contributed by atoms with Gasteiger partial charge in [0.05, 0.1) is 10.7 Å². The normalized spacial score (nSPS) is 19.5. The van der Waals surface area contributed by atoms with Gasteiger partial charge < -0.3 is 10.6 Å². The summed E-state index contributed by atoms with van der Waals surface area (Å²) in [5.41, 5.74) is 3.42. The monoisotopic (exact) mass is 364 g/mol. The van der Waals surface area contributed by atoms with Crippen molar-refractivity contribution in [3.05, 3.63) is 45.2 Å². The van der Waals surface area contributed by atoms with E-state index in [1.165, 1.54) is 0 Å². The minimum Gasteiger partial charge on any atom is -0.347 e. The Balaban J connectivity index is 1.70. The number of rotatable bonds is 3. The van der Waals surface area contributed by atoms with E-state index in [2.05, 4.69) is 15.7 Å². The first-order chi connectivity index (χ1) is 11.6. The van der Waals surface area contributed by atoms with E-state index in [9.17, 15) is 4.79 Å². The molecule has 1 aromatic heterocycles. The van der Waals surface area contributed by atoms with Crippen LogP contribution in [0.4, 0.5) is 0 Å². The van der Waals surface area contributed by atoms with E-state index in [4.69, 9.17) is 23.2 Å². The van der Waals surface area contributed by atoms with Gasteiger partial charge in [-0.05, 0) is 50.4 Å². The predicted octanol–water partition coefficient (Wildman–Crippen LogP) is 2.76. The number of amides is 1. The summed E-state index contributed by atoms with van der Waals surface area (Å²) >= 11 is 12.3. The van der Waals surface area contributed by atoms with Gasteiger partial charge in [0.2, 0.25) is 0 Å². The molecule has 1 aliphatic heterocycles. The molecule has 0 bridgehead atoms. The van der Waals surface area contributed by atoms with Crippen molar-refractivity contribution in [1.29, 1.82) is 0 Å². The lowest BCUT2D eigenvalue weighted by molar-refractivity contribution is 0.0933. The highest BCUT2D eigenvalue weighted by Crippen LogP contribution is 2.31. The first kappa shape index (κ1) is 15.9. The molecule has 0 spiro atoms. The number of hydrogen-bond donors (Lipinski definition) is 2. The molecular weight excluding hydrogens is 347 g/mol. The van der Waals surface area contributed by atoms with Gasteiger partial charge in [-0.25, -0.2) is 4.68 Å². The van der Waals surface area contributed by atoms with Crippen molar-refractivity contribution in [2.45, 2.75) is 31.7 Å². The van der Waals surface area contributed by atoms with Crippen LogP contribution in [-0.2, 0) is 12.8 Å². The van der Waals surface area contributed by atoms with E-state index in [1.54, 1.807) is 12.1 Å². The molecule has 1 fully saturated rings.